The molecule has 1 heterocycles. The molecule has 1 atom stereocenters. The summed E-state index contributed by atoms with van der Waals surface area (Å²) < 4.78 is 35.9. The lowest BCUT2D eigenvalue weighted by atomic mass is 9.95. The van der Waals surface area contributed by atoms with Gasteiger partial charge >= 0.3 is 6.18 Å². The maximum absolute atomic E-state index is 12.0. The highest BCUT2D eigenvalue weighted by Gasteiger charge is 2.29. The zero-order valence-electron chi connectivity index (χ0n) is 8.56. The van der Waals surface area contributed by atoms with Gasteiger partial charge in [0, 0.05) is 19.5 Å². The molecule has 0 N–H and O–H groups in total. The van der Waals surface area contributed by atoms with E-state index in [9.17, 15) is 13.2 Å². The number of hydrogen-bond donors (Lipinski definition) is 0. The molecule has 1 rings (SSSR count). The van der Waals surface area contributed by atoms with Crippen molar-refractivity contribution in [2.24, 2.45) is 5.92 Å². The highest BCUT2D eigenvalue weighted by Crippen LogP contribution is 2.23. The third kappa shape index (κ3) is 5.03. The van der Waals surface area contributed by atoms with Crippen LogP contribution in [0.4, 0.5) is 13.2 Å². The van der Waals surface area contributed by atoms with Crippen molar-refractivity contribution >= 4 is 0 Å². The summed E-state index contributed by atoms with van der Waals surface area (Å²) >= 11 is 0. The third-order valence-electron chi connectivity index (χ3n) is 2.69. The van der Waals surface area contributed by atoms with Crippen LogP contribution in [0.25, 0.3) is 0 Å². The van der Waals surface area contributed by atoms with Crippen molar-refractivity contribution in [1.82, 2.24) is 4.90 Å². The van der Waals surface area contributed by atoms with E-state index in [0.29, 0.717) is 13.0 Å². The summed E-state index contributed by atoms with van der Waals surface area (Å²) in [7, 11) is 0. The molecule has 0 aromatic heterocycles. The third-order valence-corrected chi connectivity index (χ3v) is 2.69. The quantitative estimate of drug-likeness (QED) is 0.730. The molecule has 0 spiro atoms. The van der Waals surface area contributed by atoms with Crippen LogP contribution < -0.4 is 0 Å². The molecule has 0 radical (unpaired) electrons. The van der Waals surface area contributed by atoms with Crippen LogP contribution in [0.15, 0.2) is 0 Å². The summed E-state index contributed by atoms with van der Waals surface area (Å²) in [5, 5.41) is 8.52. The largest absolute Gasteiger partial charge is 0.390 e. The topological polar surface area (TPSA) is 27.0 Å². The van der Waals surface area contributed by atoms with Crippen molar-refractivity contribution in [2.75, 3.05) is 19.6 Å². The molecule has 86 valence electrons. The Kier molecular flexibility index (Phi) is 4.40. The number of piperidine rings is 1. The Labute approximate surface area is 87.7 Å². The highest BCUT2D eigenvalue weighted by atomic mass is 19.4. The molecule has 0 aromatic rings. The maximum atomic E-state index is 12.0. The number of nitrogens with zero attached hydrogens (tertiary/aromatic N) is 2. The molecule has 0 saturated carbocycles. The van der Waals surface area contributed by atoms with E-state index in [2.05, 4.69) is 6.07 Å². The summed E-state index contributed by atoms with van der Waals surface area (Å²) in [5.41, 5.74) is 0. The Morgan fingerprint density at radius 3 is 2.73 bits per heavy atom. The minimum absolute atomic E-state index is 0.0748. The Morgan fingerprint density at radius 2 is 2.13 bits per heavy atom. The van der Waals surface area contributed by atoms with Crippen LogP contribution in [-0.4, -0.2) is 30.7 Å². The standard InChI is InChI=1S/C10H15F3N2/c11-10(12,13)4-7-15-6-1-2-9(8-15)3-5-14/h9H,1-4,6-8H2. The summed E-state index contributed by atoms with van der Waals surface area (Å²) in [6.45, 7) is 1.45. The predicted octanol–water partition coefficient (Wildman–Crippen LogP) is 2.56. The second kappa shape index (κ2) is 5.36. The number of alkyl halides is 3. The lowest BCUT2D eigenvalue weighted by Gasteiger charge is -2.31. The van der Waals surface area contributed by atoms with E-state index in [-0.39, 0.29) is 12.5 Å². The van der Waals surface area contributed by atoms with Crippen LogP contribution in [0.2, 0.25) is 0 Å². The van der Waals surface area contributed by atoms with E-state index >= 15 is 0 Å². The molecular formula is C10H15F3N2. The van der Waals surface area contributed by atoms with Crippen molar-refractivity contribution in [3.63, 3.8) is 0 Å². The minimum Gasteiger partial charge on any atom is -0.303 e. The van der Waals surface area contributed by atoms with E-state index in [4.69, 9.17) is 5.26 Å². The van der Waals surface area contributed by atoms with Crippen LogP contribution >= 0.6 is 0 Å². The Balaban J connectivity index is 2.28. The van der Waals surface area contributed by atoms with E-state index < -0.39 is 12.6 Å². The van der Waals surface area contributed by atoms with Crippen LogP contribution in [0.1, 0.15) is 25.7 Å². The van der Waals surface area contributed by atoms with Crippen molar-refractivity contribution in [3.05, 3.63) is 0 Å². The number of rotatable bonds is 3. The van der Waals surface area contributed by atoms with Crippen molar-refractivity contribution in [2.45, 2.75) is 31.9 Å². The van der Waals surface area contributed by atoms with E-state index in [0.717, 1.165) is 19.4 Å². The summed E-state index contributed by atoms with van der Waals surface area (Å²) in [6.07, 6.45) is -2.47. The fraction of sp³-hybridized carbons (Fsp3) is 0.900. The molecule has 1 unspecified atom stereocenters. The summed E-state index contributed by atoms with van der Waals surface area (Å²) in [6, 6.07) is 2.08. The van der Waals surface area contributed by atoms with Gasteiger partial charge in [0.05, 0.1) is 12.5 Å². The Morgan fingerprint density at radius 1 is 1.40 bits per heavy atom. The lowest BCUT2D eigenvalue weighted by Crippen LogP contribution is -2.37. The molecule has 2 nitrogen and oxygen atoms in total. The van der Waals surface area contributed by atoms with Crippen LogP contribution in [0, 0.1) is 17.2 Å². The molecule has 1 saturated heterocycles. The average molecular weight is 220 g/mol. The lowest BCUT2D eigenvalue weighted by molar-refractivity contribution is -0.138. The molecule has 15 heavy (non-hydrogen) atoms. The van der Waals surface area contributed by atoms with E-state index in [1.54, 1.807) is 0 Å². The molecular weight excluding hydrogens is 205 g/mol. The molecule has 1 aliphatic rings. The summed E-state index contributed by atoms with van der Waals surface area (Å²) in [5.74, 6) is 0.261. The normalized spacial score (nSPS) is 23.7. The molecule has 1 aliphatic heterocycles. The molecule has 0 aromatic carbocycles. The van der Waals surface area contributed by atoms with Gasteiger partial charge < -0.3 is 4.90 Å². The first kappa shape index (κ1) is 12.3. The van der Waals surface area contributed by atoms with Gasteiger partial charge in [-0.25, -0.2) is 0 Å². The van der Waals surface area contributed by atoms with Gasteiger partial charge in [-0.1, -0.05) is 0 Å². The van der Waals surface area contributed by atoms with Crippen molar-refractivity contribution < 1.29 is 13.2 Å². The maximum Gasteiger partial charge on any atom is 0.390 e. The molecule has 0 amide bonds. The van der Waals surface area contributed by atoms with Gasteiger partial charge in [-0.3, -0.25) is 0 Å². The number of likely N-dealkylation sites (tertiary alicyclic amines) is 1. The van der Waals surface area contributed by atoms with Gasteiger partial charge in [0.25, 0.3) is 0 Å². The molecule has 5 heteroatoms. The van der Waals surface area contributed by atoms with Gasteiger partial charge in [0.2, 0.25) is 0 Å². The smallest absolute Gasteiger partial charge is 0.303 e. The van der Waals surface area contributed by atoms with Crippen LogP contribution in [-0.2, 0) is 0 Å². The van der Waals surface area contributed by atoms with Crippen molar-refractivity contribution in [1.29, 1.82) is 5.26 Å². The van der Waals surface area contributed by atoms with E-state index in [1.165, 1.54) is 0 Å². The second-order valence-corrected chi connectivity index (χ2v) is 4.04. The van der Waals surface area contributed by atoms with Crippen LogP contribution in [0.3, 0.4) is 0 Å². The minimum atomic E-state index is -4.07. The van der Waals surface area contributed by atoms with Crippen molar-refractivity contribution in [3.8, 4) is 6.07 Å². The molecule has 0 aliphatic carbocycles. The number of halogens is 3. The van der Waals surface area contributed by atoms with E-state index in [1.807, 2.05) is 4.90 Å². The fourth-order valence-electron chi connectivity index (χ4n) is 1.93. The van der Waals surface area contributed by atoms with Gasteiger partial charge in [0.15, 0.2) is 0 Å². The SMILES string of the molecule is N#CCC1CCCN(CCC(F)(F)F)C1. The van der Waals surface area contributed by atoms with Crippen LogP contribution in [0.5, 0.6) is 0 Å². The highest BCUT2D eigenvalue weighted by molar-refractivity contribution is 4.81. The van der Waals surface area contributed by atoms with Gasteiger partial charge in [-0.2, -0.15) is 18.4 Å². The zero-order chi connectivity index (χ0) is 11.3. The Hall–Kier alpha value is -0.760. The fourth-order valence-corrected chi connectivity index (χ4v) is 1.93. The molecule has 1 fully saturated rings. The van der Waals surface area contributed by atoms with Gasteiger partial charge in [-0.15, -0.1) is 0 Å². The first-order valence-corrected chi connectivity index (χ1v) is 5.17. The second-order valence-electron chi connectivity index (χ2n) is 4.04. The summed E-state index contributed by atoms with van der Waals surface area (Å²) in [4.78, 5) is 1.82. The first-order chi connectivity index (χ1) is 7.01. The number of nitriles is 1. The monoisotopic (exact) mass is 220 g/mol. The Bertz CT molecular complexity index is 232. The first-order valence-electron chi connectivity index (χ1n) is 5.17. The predicted molar refractivity (Wildman–Crippen MR) is 50.1 cm³/mol. The zero-order valence-corrected chi connectivity index (χ0v) is 8.56. The average Bonchev–Trinajstić information content (AvgIpc) is 2.15. The van der Waals surface area contributed by atoms with Gasteiger partial charge in [0.1, 0.15) is 0 Å². The molecule has 0 bridgehead atoms. The number of hydrogen-bond acceptors (Lipinski definition) is 2. The van der Waals surface area contributed by atoms with Gasteiger partial charge in [-0.05, 0) is 25.3 Å².